The summed E-state index contributed by atoms with van der Waals surface area (Å²) in [6.45, 7) is 0.392. The third-order valence-corrected chi connectivity index (χ3v) is 4.16. The lowest BCUT2D eigenvalue weighted by molar-refractivity contribution is -0.145. The van der Waals surface area contributed by atoms with Gasteiger partial charge in [0.15, 0.2) is 0 Å². The summed E-state index contributed by atoms with van der Waals surface area (Å²) in [5.41, 5.74) is 3.28. The van der Waals surface area contributed by atoms with Crippen LogP contribution in [0.25, 0.3) is 0 Å². The second-order valence-electron chi connectivity index (χ2n) is 5.76. The van der Waals surface area contributed by atoms with Gasteiger partial charge in [-0.15, -0.1) is 0 Å². The molecule has 23 heavy (non-hydrogen) atoms. The topological polar surface area (TPSA) is 46.6 Å². The highest BCUT2D eigenvalue weighted by Crippen LogP contribution is 2.26. The number of rotatable bonds is 4. The van der Waals surface area contributed by atoms with E-state index in [-0.39, 0.29) is 24.2 Å². The second kappa shape index (κ2) is 6.65. The Morgan fingerprint density at radius 3 is 2.39 bits per heavy atom. The first-order valence-electron chi connectivity index (χ1n) is 7.68. The van der Waals surface area contributed by atoms with Crippen molar-refractivity contribution in [3.05, 3.63) is 65.7 Å². The van der Waals surface area contributed by atoms with E-state index in [1.54, 1.807) is 4.90 Å². The molecule has 1 unspecified atom stereocenters. The largest absolute Gasteiger partial charge is 0.469 e. The molecule has 0 radical (unpaired) electrons. The first-order valence-corrected chi connectivity index (χ1v) is 7.68. The number of carbonyl (C=O) groups is 2. The number of methoxy groups -OCH3 is 1. The third-order valence-electron chi connectivity index (χ3n) is 4.16. The summed E-state index contributed by atoms with van der Waals surface area (Å²) in [5, 5.41) is 0. The fourth-order valence-corrected chi connectivity index (χ4v) is 2.91. The van der Waals surface area contributed by atoms with Crippen LogP contribution in [-0.4, -0.2) is 25.5 Å². The summed E-state index contributed by atoms with van der Waals surface area (Å²) in [6.07, 6.45) is 1.08. The molecule has 1 aliphatic heterocycles. The van der Waals surface area contributed by atoms with Crippen LogP contribution >= 0.6 is 0 Å². The highest BCUT2D eigenvalue weighted by Gasteiger charge is 2.35. The maximum atomic E-state index is 12.1. The van der Waals surface area contributed by atoms with Crippen molar-refractivity contribution in [1.29, 1.82) is 0 Å². The molecule has 1 saturated heterocycles. The Kier molecular flexibility index (Phi) is 4.42. The van der Waals surface area contributed by atoms with Gasteiger partial charge in [0.2, 0.25) is 5.91 Å². The molecule has 1 atom stereocenters. The molecule has 0 aromatic heterocycles. The molecule has 1 heterocycles. The van der Waals surface area contributed by atoms with Gasteiger partial charge in [0.25, 0.3) is 0 Å². The Hall–Kier alpha value is -2.62. The minimum atomic E-state index is -0.364. The molecule has 0 spiro atoms. The molecule has 4 heteroatoms. The maximum absolute atomic E-state index is 12.1. The van der Waals surface area contributed by atoms with Gasteiger partial charge in [0, 0.05) is 18.7 Å². The van der Waals surface area contributed by atoms with Crippen LogP contribution in [0.1, 0.15) is 17.5 Å². The number of ether oxygens (including phenoxy) is 1. The molecule has 0 bridgehead atoms. The fraction of sp³-hybridized carbons (Fsp3) is 0.263. The predicted octanol–water partition coefficient (Wildman–Crippen LogP) is 2.80. The molecule has 0 N–H and O–H groups in total. The van der Waals surface area contributed by atoms with Crippen molar-refractivity contribution in [2.24, 2.45) is 5.92 Å². The lowest BCUT2D eigenvalue weighted by atomic mass is 10.0. The van der Waals surface area contributed by atoms with Gasteiger partial charge in [0.1, 0.15) is 0 Å². The lowest BCUT2D eigenvalue weighted by Gasteiger charge is -2.16. The first-order chi connectivity index (χ1) is 11.2. The molecule has 4 nitrogen and oxygen atoms in total. The highest BCUT2D eigenvalue weighted by molar-refractivity contribution is 5.99. The zero-order valence-electron chi connectivity index (χ0n) is 13.1. The average Bonchev–Trinajstić information content (AvgIpc) is 2.98. The van der Waals surface area contributed by atoms with Crippen LogP contribution in [0.15, 0.2) is 54.6 Å². The summed E-state index contributed by atoms with van der Waals surface area (Å²) in [5.74, 6) is -0.714. The Bertz CT molecular complexity index is 694. The summed E-state index contributed by atoms with van der Waals surface area (Å²) in [6, 6.07) is 18.2. The van der Waals surface area contributed by atoms with Crippen LogP contribution in [0.3, 0.4) is 0 Å². The van der Waals surface area contributed by atoms with E-state index in [0.717, 1.165) is 12.1 Å². The van der Waals surface area contributed by atoms with Crippen LogP contribution in [-0.2, 0) is 20.7 Å². The number of carbonyl (C=O) groups excluding carboxylic acids is 2. The average molecular weight is 309 g/mol. The summed E-state index contributed by atoms with van der Waals surface area (Å²) < 4.78 is 4.73. The van der Waals surface area contributed by atoms with E-state index in [1.165, 1.54) is 18.2 Å². The molecule has 0 saturated carbocycles. The van der Waals surface area contributed by atoms with E-state index >= 15 is 0 Å². The number of nitrogens with zero attached hydrogens (tertiary/aromatic N) is 1. The van der Waals surface area contributed by atoms with Gasteiger partial charge >= 0.3 is 5.97 Å². The summed E-state index contributed by atoms with van der Waals surface area (Å²) >= 11 is 0. The van der Waals surface area contributed by atoms with E-state index in [2.05, 4.69) is 12.1 Å². The number of esters is 1. The third kappa shape index (κ3) is 3.42. The molecule has 2 aromatic rings. The van der Waals surface area contributed by atoms with Gasteiger partial charge in [-0.05, 0) is 29.7 Å². The molecule has 1 fully saturated rings. The van der Waals surface area contributed by atoms with E-state index in [4.69, 9.17) is 4.74 Å². The minimum Gasteiger partial charge on any atom is -0.469 e. The lowest BCUT2D eigenvalue weighted by Crippen LogP contribution is -2.26. The quantitative estimate of drug-likeness (QED) is 0.816. The Labute approximate surface area is 135 Å². The van der Waals surface area contributed by atoms with Crippen molar-refractivity contribution >= 4 is 17.6 Å². The number of hydrogen-bond donors (Lipinski definition) is 0. The number of amides is 1. The molecule has 118 valence electrons. The van der Waals surface area contributed by atoms with Crippen molar-refractivity contribution in [2.75, 3.05) is 18.6 Å². The molecular formula is C19H19NO3. The molecule has 1 amide bonds. The molecule has 1 aliphatic rings. The zero-order chi connectivity index (χ0) is 16.2. The zero-order valence-corrected chi connectivity index (χ0v) is 13.1. The predicted molar refractivity (Wildman–Crippen MR) is 88.2 cm³/mol. The molecular weight excluding hydrogens is 290 g/mol. The van der Waals surface area contributed by atoms with Gasteiger partial charge in [-0.25, -0.2) is 0 Å². The van der Waals surface area contributed by atoms with E-state index < -0.39 is 0 Å². The van der Waals surface area contributed by atoms with Crippen LogP contribution < -0.4 is 4.90 Å². The summed E-state index contributed by atoms with van der Waals surface area (Å²) in [7, 11) is 1.36. The van der Waals surface area contributed by atoms with E-state index in [1.807, 2.05) is 42.5 Å². The second-order valence-corrected chi connectivity index (χ2v) is 5.76. The summed E-state index contributed by atoms with van der Waals surface area (Å²) in [4.78, 5) is 25.4. The van der Waals surface area contributed by atoms with Crippen molar-refractivity contribution in [3.63, 3.8) is 0 Å². The van der Waals surface area contributed by atoms with Gasteiger partial charge < -0.3 is 9.64 Å². The van der Waals surface area contributed by atoms with Crippen molar-refractivity contribution in [2.45, 2.75) is 12.8 Å². The van der Waals surface area contributed by atoms with Crippen molar-refractivity contribution in [1.82, 2.24) is 0 Å². The monoisotopic (exact) mass is 309 g/mol. The van der Waals surface area contributed by atoms with Gasteiger partial charge in [0.05, 0.1) is 13.0 Å². The Morgan fingerprint density at radius 2 is 1.74 bits per heavy atom. The fourth-order valence-electron chi connectivity index (χ4n) is 2.91. The van der Waals surface area contributed by atoms with Crippen LogP contribution in [0, 0.1) is 5.92 Å². The van der Waals surface area contributed by atoms with E-state index in [0.29, 0.717) is 6.54 Å². The van der Waals surface area contributed by atoms with Gasteiger partial charge in [-0.3, -0.25) is 9.59 Å². The minimum absolute atomic E-state index is 0.0313. The Morgan fingerprint density at radius 1 is 1.09 bits per heavy atom. The maximum Gasteiger partial charge on any atom is 0.311 e. The van der Waals surface area contributed by atoms with Crippen LogP contribution in [0.2, 0.25) is 0 Å². The molecule has 2 aromatic carbocycles. The Balaban J connectivity index is 1.70. The number of anilines is 1. The van der Waals surface area contributed by atoms with Gasteiger partial charge in [-0.1, -0.05) is 42.5 Å². The van der Waals surface area contributed by atoms with Crippen LogP contribution in [0.5, 0.6) is 0 Å². The van der Waals surface area contributed by atoms with E-state index in [9.17, 15) is 9.59 Å². The normalized spacial score (nSPS) is 17.3. The standard InChI is InChI=1S/C19H19NO3/c1-23-19(22)16-12-18(21)20(13-16)17-9-7-15(8-10-17)11-14-5-3-2-4-6-14/h2-10,16H,11-13H2,1H3. The number of hydrogen-bond acceptors (Lipinski definition) is 3. The van der Waals surface area contributed by atoms with Crippen LogP contribution in [0.4, 0.5) is 5.69 Å². The SMILES string of the molecule is COC(=O)C1CC(=O)N(c2ccc(Cc3ccccc3)cc2)C1. The first kappa shape index (κ1) is 15.3. The van der Waals surface area contributed by atoms with Crippen molar-refractivity contribution < 1.29 is 14.3 Å². The number of benzene rings is 2. The smallest absolute Gasteiger partial charge is 0.311 e. The highest BCUT2D eigenvalue weighted by atomic mass is 16.5. The van der Waals surface area contributed by atoms with Gasteiger partial charge in [-0.2, -0.15) is 0 Å². The molecule has 0 aliphatic carbocycles. The van der Waals surface area contributed by atoms with Crippen molar-refractivity contribution in [3.8, 4) is 0 Å². The molecule has 3 rings (SSSR count).